The van der Waals surface area contributed by atoms with Gasteiger partial charge in [-0.2, -0.15) is 5.10 Å². The summed E-state index contributed by atoms with van der Waals surface area (Å²) in [6.45, 7) is 0. The van der Waals surface area contributed by atoms with E-state index in [9.17, 15) is 4.79 Å². The second kappa shape index (κ2) is 6.05. The third-order valence-corrected chi connectivity index (χ3v) is 3.64. The zero-order valence-electron chi connectivity index (χ0n) is 11.1. The molecule has 0 saturated heterocycles. The van der Waals surface area contributed by atoms with Gasteiger partial charge in [-0.05, 0) is 36.4 Å². The number of benzene rings is 1. The van der Waals surface area contributed by atoms with E-state index in [1.54, 1.807) is 12.3 Å². The van der Waals surface area contributed by atoms with Crippen LogP contribution in [-0.4, -0.2) is 16.6 Å². The number of carbonyl (C=O) groups is 1. The number of hydrazone groups is 1. The summed E-state index contributed by atoms with van der Waals surface area (Å²) in [5.41, 5.74) is 6.09. The molecule has 6 heteroatoms. The van der Waals surface area contributed by atoms with E-state index in [4.69, 9.17) is 0 Å². The second-order valence-corrected chi connectivity index (χ2v) is 5.54. The Hall–Kier alpha value is -2.21. The first-order valence-electron chi connectivity index (χ1n) is 6.56. The van der Waals surface area contributed by atoms with E-state index in [1.807, 2.05) is 30.3 Å². The minimum absolute atomic E-state index is 0.0157. The average Bonchev–Trinajstić information content (AvgIpc) is 2.65. The lowest BCUT2D eigenvalue weighted by atomic mass is 10.1. The molecule has 1 amide bonds. The van der Waals surface area contributed by atoms with Crippen molar-refractivity contribution in [3.05, 3.63) is 52.8 Å². The van der Waals surface area contributed by atoms with Gasteiger partial charge in [-0.15, -0.1) is 0 Å². The highest BCUT2D eigenvalue weighted by Gasteiger charge is 2.18. The molecule has 2 N–H and O–H groups in total. The van der Waals surface area contributed by atoms with Gasteiger partial charge in [-0.3, -0.25) is 15.2 Å². The molecular weight excluding hydrogens is 332 g/mol. The van der Waals surface area contributed by atoms with Crippen molar-refractivity contribution in [3.63, 3.8) is 0 Å². The quantitative estimate of drug-likeness (QED) is 0.820. The van der Waals surface area contributed by atoms with Crippen molar-refractivity contribution in [2.75, 3.05) is 10.7 Å². The number of amides is 1. The van der Waals surface area contributed by atoms with Crippen molar-refractivity contribution >= 4 is 38.9 Å². The summed E-state index contributed by atoms with van der Waals surface area (Å²) >= 11 is 3.39. The molecule has 0 fully saturated rings. The largest absolute Gasteiger partial charge is 0.324 e. The molecule has 5 nitrogen and oxygen atoms in total. The van der Waals surface area contributed by atoms with Crippen LogP contribution in [0.15, 0.2) is 52.2 Å². The summed E-state index contributed by atoms with van der Waals surface area (Å²) in [6, 6.07) is 11.4. The van der Waals surface area contributed by atoms with Gasteiger partial charge >= 0.3 is 0 Å². The van der Waals surface area contributed by atoms with Crippen LogP contribution in [0.2, 0.25) is 0 Å². The lowest BCUT2D eigenvalue weighted by Crippen LogP contribution is -2.09. The van der Waals surface area contributed by atoms with Crippen LogP contribution in [-0.2, 0) is 4.79 Å². The number of pyridine rings is 1. The fraction of sp³-hybridized carbons (Fsp3) is 0.133. The summed E-state index contributed by atoms with van der Waals surface area (Å²) < 4.78 is 1.01. The number of hydrogen-bond acceptors (Lipinski definition) is 4. The van der Waals surface area contributed by atoms with Gasteiger partial charge in [0.1, 0.15) is 5.69 Å². The van der Waals surface area contributed by atoms with Crippen LogP contribution in [0.25, 0.3) is 0 Å². The fourth-order valence-corrected chi connectivity index (χ4v) is 2.33. The number of hydrogen-bond donors (Lipinski definition) is 2. The molecule has 0 bridgehead atoms. The maximum Gasteiger partial charge on any atom is 0.224 e. The van der Waals surface area contributed by atoms with Gasteiger partial charge in [0.25, 0.3) is 0 Å². The third-order valence-electron chi connectivity index (χ3n) is 3.11. The highest BCUT2D eigenvalue weighted by atomic mass is 79.9. The van der Waals surface area contributed by atoms with Crippen LogP contribution < -0.4 is 10.7 Å². The SMILES string of the molecule is O=C1CC/C(=N\Nc2ccc(Br)cc2)c2ncccc2N1. The third kappa shape index (κ3) is 3.28. The van der Waals surface area contributed by atoms with E-state index in [0.29, 0.717) is 24.2 Å². The lowest BCUT2D eigenvalue weighted by molar-refractivity contribution is -0.116. The smallest absolute Gasteiger partial charge is 0.224 e. The lowest BCUT2D eigenvalue weighted by Gasteiger charge is -2.07. The number of nitrogens with zero attached hydrogens (tertiary/aromatic N) is 2. The zero-order valence-corrected chi connectivity index (χ0v) is 12.7. The van der Waals surface area contributed by atoms with Crippen LogP contribution in [0.1, 0.15) is 18.5 Å². The molecule has 0 atom stereocenters. The first-order valence-corrected chi connectivity index (χ1v) is 7.35. The molecule has 1 aliphatic heterocycles. The minimum Gasteiger partial charge on any atom is -0.324 e. The Labute approximate surface area is 130 Å². The molecule has 21 heavy (non-hydrogen) atoms. The highest BCUT2D eigenvalue weighted by Crippen LogP contribution is 2.20. The Morgan fingerprint density at radius 3 is 2.81 bits per heavy atom. The molecule has 2 aromatic rings. The Bertz CT molecular complexity index is 697. The number of rotatable bonds is 2. The molecular formula is C15H13BrN4O. The molecule has 2 heterocycles. The number of anilines is 2. The van der Waals surface area contributed by atoms with Crippen molar-refractivity contribution in [2.45, 2.75) is 12.8 Å². The minimum atomic E-state index is -0.0157. The van der Waals surface area contributed by atoms with Crippen LogP contribution in [0.5, 0.6) is 0 Å². The van der Waals surface area contributed by atoms with Crippen LogP contribution in [0.3, 0.4) is 0 Å². The highest BCUT2D eigenvalue weighted by molar-refractivity contribution is 9.10. The number of carbonyl (C=O) groups excluding carboxylic acids is 1. The van der Waals surface area contributed by atoms with E-state index < -0.39 is 0 Å². The predicted octanol–water partition coefficient (Wildman–Crippen LogP) is 3.39. The monoisotopic (exact) mass is 344 g/mol. The maximum atomic E-state index is 11.7. The number of fused-ring (bicyclic) bond motifs is 1. The number of aromatic nitrogens is 1. The van der Waals surface area contributed by atoms with Gasteiger partial charge in [0.05, 0.1) is 17.1 Å². The maximum absolute atomic E-state index is 11.7. The van der Waals surface area contributed by atoms with Gasteiger partial charge in [0.15, 0.2) is 0 Å². The fourth-order valence-electron chi connectivity index (χ4n) is 2.06. The molecule has 0 unspecified atom stereocenters. The van der Waals surface area contributed by atoms with Gasteiger partial charge < -0.3 is 5.32 Å². The Kier molecular flexibility index (Phi) is 3.96. The molecule has 0 spiro atoms. The van der Waals surface area contributed by atoms with Crippen LogP contribution in [0.4, 0.5) is 11.4 Å². The molecule has 1 aromatic heterocycles. The first-order chi connectivity index (χ1) is 10.2. The summed E-state index contributed by atoms with van der Waals surface area (Å²) in [7, 11) is 0. The molecule has 3 rings (SSSR count). The van der Waals surface area contributed by atoms with Crippen molar-refractivity contribution in [3.8, 4) is 0 Å². The Morgan fingerprint density at radius 1 is 1.19 bits per heavy atom. The predicted molar refractivity (Wildman–Crippen MR) is 86.4 cm³/mol. The van der Waals surface area contributed by atoms with Crippen molar-refractivity contribution in [1.29, 1.82) is 0 Å². The van der Waals surface area contributed by atoms with Crippen molar-refractivity contribution in [1.82, 2.24) is 4.98 Å². The second-order valence-electron chi connectivity index (χ2n) is 4.62. The zero-order chi connectivity index (χ0) is 14.7. The topological polar surface area (TPSA) is 66.4 Å². The summed E-state index contributed by atoms with van der Waals surface area (Å²) in [4.78, 5) is 16.0. The van der Waals surface area contributed by atoms with Crippen molar-refractivity contribution < 1.29 is 4.79 Å². The van der Waals surface area contributed by atoms with E-state index in [0.717, 1.165) is 15.9 Å². The van der Waals surface area contributed by atoms with Crippen LogP contribution in [0, 0.1) is 0 Å². The van der Waals surface area contributed by atoms with Gasteiger partial charge in [0, 0.05) is 23.5 Å². The molecule has 0 radical (unpaired) electrons. The number of halogens is 1. The first kappa shape index (κ1) is 13.8. The number of nitrogens with one attached hydrogen (secondary N) is 2. The normalized spacial score (nSPS) is 16.0. The van der Waals surface area contributed by atoms with E-state index in [2.05, 4.69) is 36.8 Å². The summed E-state index contributed by atoms with van der Waals surface area (Å²) in [5, 5.41) is 7.26. The van der Waals surface area contributed by atoms with Gasteiger partial charge in [0.2, 0.25) is 5.91 Å². The average molecular weight is 345 g/mol. The summed E-state index contributed by atoms with van der Waals surface area (Å²) in [6.07, 6.45) is 2.65. The Balaban J connectivity index is 1.88. The van der Waals surface area contributed by atoms with Gasteiger partial charge in [-0.25, -0.2) is 0 Å². The molecule has 0 aliphatic carbocycles. The standard InChI is InChI=1S/C15H13BrN4O/c16-10-3-5-11(6-4-10)19-20-13-7-8-14(21)18-12-2-1-9-17-15(12)13/h1-6,9,19H,7-8H2,(H,18,21)/b20-13+. The molecule has 106 valence electrons. The van der Waals surface area contributed by atoms with E-state index >= 15 is 0 Å². The Morgan fingerprint density at radius 2 is 2.00 bits per heavy atom. The van der Waals surface area contributed by atoms with Crippen molar-refractivity contribution in [2.24, 2.45) is 5.10 Å². The molecule has 1 aliphatic rings. The van der Waals surface area contributed by atoms with Crippen LogP contribution >= 0.6 is 15.9 Å². The molecule has 1 aromatic carbocycles. The van der Waals surface area contributed by atoms with E-state index in [1.165, 1.54) is 0 Å². The molecule has 0 saturated carbocycles. The van der Waals surface area contributed by atoms with E-state index in [-0.39, 0.29) is 5.91 Å². The summed E-state index contributed by atoms with van der Waals surface area (Å²) in [5.74, 6) is -0.0157. The van der Waals surface area contributed by atoms with Gasteiger partial charge in [-0.1, -0.05) is 15.9 Å².